The third-order valence-corrected chi connectivity index (χ3v) is 5.74. The first-order chi connectivity index (χ1) is 17.4. The fraction of sp³-hybridized carbons (Fsp3) is 0.0690. The molecule has 0 heterocycles. The van der Waals surface area contributed by atoms with E-state index in [2.05, 4.69) is 0 Å². The lowest BCUT2D eigenvalue weighted by Gasteiger charge is -2.15. The van der Waals surface area contributed by atoms with Crippen LogP contribution in [0.4, 0.5) is 0 Å². The first-order valence-electron chi connectivity index (χ1n) is 10.9. The Morgan fingerprint density at radius 1 is 0.528 bits per heavy atom. The molecule has 0 aliphatic carbocycles. The van der Waals surface area contributed by atoms with Crippen molar-refractivity contribution < 1.29 is 34.1 Å². The van der Waals surface area contributed by atoms with Gasteiger partial charge in [-0.15, -0.1) is 0 Å². The zero-order valence-electron chi connectivity index (χ0n) is 19.5. The molecule has 7 nitrogen and oxygen atoms in total. The van der Waals surface area contributed by atoms with Crippen LogP contribution in [0.5, 0.6) is 23.0 Å². The zero-order chi connectivity index (χ0) is 25.8. The second-order valence-electron chi connectivity index (χ2n) is 7.79. The molecule has 0 saturated carbocycles. The van der Waals surface area contributed by atoms with Crippen molar-refractivity contribution in [3.05, 3.63) is 118 Å². The highest BCUT2D eigenvalue weighted by Crippen LogP contribution is 2.35. The molecule has 0 fully saturated rings. The van der Waals surface area contributed by atoms with Gasteiger partial charge in [-0.2, -0.15) is 0 Å². The van der Waals surface area contributed by atoms with E-state index in [1.165, 1.54) is 68.8 Å². The van der Waals surface area contributed by atoms with E-state index in [0.29, 0.717) is 5.56 Å². The molecule has 180 valence electrons. The molecule has 4 aromatic carbocycles. The molecule has 0 spiro atoms. The summed E-state index contributed by atoms with van der Waals surface area (Å²) in [5, 5.41) is 21.2. The van der Waals surface area contributed by atoms with Crippen molar-refractivity contribution in [2.24, 2.45) is 0 Å². The summed E-state index contributed by atoms with van der Waals surface area (Å²) in [5.74, 6) is -2.61. The van der Waals surface area contributed by atoms with Gasteiger partial charge in [-0.3, -0.25) is 14.4 Å². The molecule has 0 amide bonds. The lowest BCUT2D eigenvalue weighted by Crippen LogP contribution is -2.17. The van der Waals surface area contributed by atoms with Crippen LogP contribution in [0.3, 0.4) is 0 Å². The van der Waals surface area contributed by atoms with Crippen molar-refractivity contribution in [2.75, 3.05) is 14.2 Å². The Hall–Kier alpha value is -4.91. The molecule has 0 aliphatic heterocycles. The minimum atomic E-state index is -0.753. The summed E-state index contributed by atoms with van der Waals surface area (Å²) < 4.78 is 10.2. The molecular formula is C29H22O7. The van der Waals surface area contributed by atoms with Crippen LogP contribution in [-0.2, 0) is 0 Å². The van der Waals surface area contributed by atoms with Gasteiger partial charge in [-0.1, -0.05) is 60.7 Å². The number of hydrogen-bond donors (Lipinski definition) is 2. The summed E-state index contributed by atoms with van der Waals surface area (Å²) in [7, 11) is 2.69. The third-order valence-electron chi connectivity index (χ3n) is 5.74. The van der Waals surface area contributed by atoms with Crippen molar-refractivity contribution in [3.8, 4) is 23.0 Å². The standard InChI is InChI=1S/C29H22O7/c1-35-22-15-7-13-20(27(22)32)26(31)19-12-6-11-18(25(30)17-9-4-3-5-10-17)24(19)29(34)21-14-8-16-23(36-2)28(21)33/h3-16,32-33H,1-2H3. The number of carbonyl (C=O) groups excluding carboxylic acids is 3. The van der Waals surface area contributed by atoms with Crippen molar-refractivity contribution in [3.63, 3.8) is 0 Å². The predicted octanol–water partition coefficient (Wildman–Crippen LogP) is 4.81. The Morgan fingerprint density at radius 3 is 1.50 bits per heavy atom. The summed E-state index contributed by atoms with van der Waals surface area (Å²) in [6.45, 7) is 0. The van der Waals surface area contributed by atoms with Crippen LogP contribution >= 0.6 is 0 Å². The first-order valence-corrected chi connectivity index (χ1v) is 10.9. The molecule has 7 heteroatoms. The van der Waals surface area contributed by atoms with Crippen molar-refractivity contribution >= 4 is 17.3 Å². The summed E-state index contributed by atoms with van der Waals surface area (Å²) >= 11 is 0. The van der Waals surface area contributed by atoms with E-state index in [1.54, 1.807) is 30.3 Å². The minimum Gasteiger partial charge on any atom is -0.504 e. The van der Waals surface area contributed by atoms with Crippen LogP contribution in [0.1, 0.15) is 47.8 Å². The number of methoxy groups -OCH3 is 2. The molecular weight excluding hydrogens is 460 g/mol. The number of aromatic hydroxyl groups is 2. The molecule has 0 atom stereocenters. The Kier molecular flexibility index (Phi) is 6.83. The van der Waals surface area contributed by atoms with Crippen molar-refractivity contribution in [1.82, 2.24) is 0 Å². The highest BCUT2D eigenvalue weighted by molar-refractivity contribution is 6.26. The molecule has 0 aromatic heterocycles. The van der Waals surface area contributed by atoms with Crippen LogP contribution in [-0.4, -0.2) is 41.8 Å². The second kappa shape index (κ2) is 10.1. The maximum absolute atomic E-state index is 13.8. The lowest BCUT2D eigenvalue weighted by molar-refractivity contribution is 0.0988. The number of benzene rings is 4. The largest absolute Gasteiger partial charge is 0.504 e. The Labute approximate surface area is 207 Å². The maximum Gasteiger partial charge on any atom is 0.198 e. The molecule has 0 unspecified atom stereocenters. The van der Waals surface area contributed by atoms with Gasteiger partial charge in [0, 0.05) is 22.3 Å². The SMILES string of the molecule is COc1cccc(C(=O)c2cccc(C(=O)c3ccccc3)c2C(=O)c2cccc(OC)c2O)c1O. The summed E-state index contributed by atoms with van der Waals surface area (Å²) in [6, 6.07) is 21.4. The number of ketones is 3. The number of carbonyl (C=O) groups is 3. The molecule has 2 N–H and O–H groups in total. The van der Waals surface area contributed by atoms with Gasteiger partial charge < -0.3 is 19.7 Å². The van der Waals surface area contributed by atoms with Crippen molar-refractivity contribution in [2.45, 2.75) is 0 Å². The molecule has 0 bridgehead atoms. The van der Waals surface area contributed by atoms with Gasteiger partial charge >= 0.3 is 0 Å². The monoisotopic (exact) mass is 482 g/mol. The topological polar surface area (TPSA) is 110 Å². The van der Waals surface area contributed by atoms with Crippen molar-refractivity contribution in [1.29, 1.82) is 0 Å². The molecule has 0 radical (unpaired) electrons. The maximum atomic E-state index is 13.8. The number of ether oxygens (including phenoxy) is 2. The van der Waals surface area contributed by atoms with Gasteiger partial charge in [0.25, 0.3) is 0 Å². The number of hydrogen-bond acceptors (Lipinski definition) is 7. The average molecular weight is 482 g/mol. The van der Waals surface area contributed by atoms with Crippen LogP contribution in [0.2, 0.25) is 0 Å². The van der Waals surface area contributed by atoms with Crippen LogP contribution in [0.15, 0.2) is 84.9 Å². The van der Waals surface area contributed by atoms with E-state index in [-0.39, 0.29) is 39.3 Å². The van der Waals surface area contributed by atoms with Gasteiger partial charge in [0.15, 0.2) is 40.3 Å². The Balaban J connectivity index is 1.97. The highest BCUT2D eigenvalue weighted by Gasteiger charge is 2.29. The zero-order valence-corrected chi connectivity index (χ0v) is 19.5. The molecule has 0 aliphatic rings. The van der Waals surface area contributed by atoms with E-state index in [9.17, 15) is 24.6 Å². The van der Waals surface area contributed by atoms with E-state index < -0.39 is 28.8 Å². The fourth-order valence-electron chi connectivity index (χ4n) is 3.94. The molecule has 4 aromatic rings. The third kappa shape index (κ3) is 4.30. The highest BCUT2D eigenvalue weighted by atomic mass is 16.5. The van der Waals surface area contributed by atoms with E-state index in [0.717, 1.165) is 0 Å². The quantitative estimate of drug-likeness (QED) is 0.347. The fourth-order valence-corrected chi connectivity index (χ4v) is 3.94. The number of phenols is 2. The average Bonchev–Trinajstić information content (AvgIpc) is 2.92. The first kappa shape index (κ1) is 24.2. The van der Waals surface area contributed by atoms with Crippen LogP contribution in [0, 0.1) is 0 Å². The van der Waals surface area contributed by atoms with E-state index in [1.807, 2.05) is 0 Å². The molecule has 36 heavy (non-hydrogen) atoms. The summed E-state index contributed by atoms with van der Waals surface area (Å²) in [5.41, 5.74) is -0.291. The lowest BCUT2D eigenvalue weighted by atomic mass is 9.86. The van der Waals surface area contributed by atoms with Gasteiger partial charge in [0.05, 0.1) is 25.3 Å². The Morgan fingerprint density at radius 2 is 0.972 bits per heavy atom. The smallest absolute Gasteiger partial charge is 0.198 e. The van der Waals surface area contributed by atoms with Gasteiger partial charge in [-0.05, 0) is 24.3 Å². The Bertz CT molecular complexity index is 1470. The normalized spacial score (nSPS) is 10.5. The number of rotatable bonds is 8. The number of para-hydroxylation sites is 2. The van der Waals surface area contributed by atoms with Crippen LogP contribution in [0.25, 0.3) is 0 Å². The molecule has 4 rings (SSSR count). The molecule has 0 saturated heterocycles. The number of phenolic OH excluding ortho intramolecular Hbond substituents is 2. The van der Waals surface area contributed by atoms with E-state index >= 15 is 0 Å². The second-order valence-corrected chi connectivity index (χ2v) is 7.79. The minimum absolute atomic E-state index is 0.0262. The summed E-state index contributed by atoms with van der Waals surface area (Å²) in [4.78, 5) is 41.0. The van der Waals surface area contributed by atoms with Gasteiger partial charge in [-0.25, -0.2) is 0 Å². The van der Waals surface area contributed by atoms with Gasteiger partial charge in [0.1, 0.15) is 0 Å². The van der Waals surface area contributed by atoms with E-state index in [4.69, 9.17) is 9.47 Å². The van der Waals surface area contributed by atoms with Crippen LogP contribution < -0.4 is 9.47 Å². The predicted molar refractivity (Wildman–Crippen MR) is 132 cm³/mol. The van der Waals surface area contributed by atoms with Gasteiger partial charge in [0.2, 0.25) is 0 Å². The summed E-state index contributed by atoms with van der Waals surface area (Å²) in [6.07, 6.45) is 0.